The Kier molecular flexibility index (Phi) is 12.1. The Hall–Kier alpha value is -3.07. The lowest BCUT2D eigenvalue weighted by Gasteiger charge is -2.35. The molecule has 42 heavy (non-hydrogen) atoms. The molecule has 0 spiro atoms. The fourth-order valence-electron chi connectivity index (χ4n) is 6.05. The van der Waals surface area contributed by atoms with Crippen molar-refractivity contribution in [1.29, 1.82) is 0 Å². The second kappa shape index (κ2) is 16.0. The van der Waals surface area contributed by atoms with Gasteiger partial charge in [0.05, 0.1) is 23.4 Å². The van der Waals surface area contributed by atoms with E-state index in [1.54, 1.807) is 0 Å². The first-order chi connectivity index (χ1) is 20.4. The standard InChI is InChI=1S/C25H39N5O2.C9H11N/c1-5-6-9-23-20(4)21-10-13-28-22(14-27-12-8-7-11-26)25(21)30(23)17-24(31)29-15-18(2)32-19(3)16-29;1-2-6-9-8(4-1)5-3-7-10-9/h6,9-10,13,18-19,27H,5,7-8,11-12,14-17,26H2,1-4H3;3,5,7H,1-2,4,6H2/b9-6-;/t18-,19?;/m0./s1. The molecule has 1 unspecified atom stereocenters. The largest absolute Gasteiger partial charge is 0.372 e. The Balaban J connectivity index is 0.000000337. The van der Waals surface area contributed by atoms with Crippen LogP contribution in [0.5, 0.6) is 0 Å². The van der Waals surface area contributed by atoms with Gasteiger partial charge in [-0.05, 0) is 108 Å². The zero-order chi connectivity index (χ0) is 29.9. The number of hydrogen-bond donors (Lipinski definition) is 2. The number of ether oxygens (including phenoxy) is 1. The van der Waals surface area contributed by atoms with Crippen LogP contribution in [-0.4, -0.2) is 63.7 Å². The highest BCUT2D eigenvalue weighted by Gasteiger charge is 2.27. The number of carbonyl (C=O) groups is 1. The first kappa shape index (κ1) is 31.9. The molecule has 1 aliphatic carbocycles. The summed E-state index contributed by atoms with van der Waals surface area (Å²) >= 11 is 0. The molecular weight excluding hydrogens is 524 g/mol. The number of rotatable bonds is 10. The summed E-state index contributed by atoms with van der Waals surface area (Å²) in [4.78, 5) is 24.3. The van der Waals surface area contributed by atoms with E-state index in [0.717, 1.165) is 48.1 Å². The van der Waals surface area contributed by atoms with E-state index in [2.05, 4.69) is 58.0 Å². The molecule has 8 heteroatoms. The van der Waals surface area contributed by atoms with Crippen molar-refractivity contribution in [3.8, 4) is 0 Å². The van der Waals surface area contributed by atoms with Gasteiger partial charge in [0.15, 0.2) is 0 Å². The number of nitrogens with one attached hydrogen (secondary N) is 1. The van der Waals surface area contributed by atoms with Crippen LogP contribution in [0.4, 0.5) is 0 Å². The summed E-state index contributed by atoms with van der Waals surface area (Å²) in [6, 6.07) is 6.29. The van der Waals surface area contributed by atoms with Crippen LogP contribution in [0.1, 0.15) is 81.1 Å². The molecule has 0 bridgehead atoms. The first-order valence-electron chi connectivity index (χ1n) is 15.8. The van der Waals surface area contributed by atoms with Crippen LogP contribution in [-0.2, 0) is 35.5 Å². The summed E-state index contributed by atoms with van der Waals surface area (Å²) in [7, 11) is 0. The third-order valence-corrected chi connectivity index (χ3v) is 8.12. The highest BCUT2D eigenvalue weighted by Crippen LogP contribution is 2.29. The van der Waals surface area contributed by atoms with Gasteiger partial charge < -0.3 is 25.3 Å². The van der Waals surface area contributed by atoms with E-state index in [4.69, 9.17) is 10.5 Å². The van der Waals surface area contributed by atoms with Gasteiger partial charge in [0.2, 0.25) is 5.91 Å². The maximum atomic E-state index is 13.4. The number of unbranched alkanes of at least 4 members (excludes halogenated alkanes) is 1. The van der Waals surface area contributed by atoms with E-state index in [1.807, 2.05) is 37.2 Å². The van der Waals surface area contributed by atoms with Crippen LogP contribution in [0.3, 0.4) is 0 Å². The molecule has 228 valence electrons. The Morgan fingerprint density at radius 2 is 1.90 bits per heavy atom. The first-order valence-corrected chi connectivity index (χ1v) is 15.8. The number of nitrogens with zero attached hydrogens (tertiary/aromatic N) is 4. The Morgan fingerprint density at radius 3 is 2.64 bits per heavy atom. The second-order valence-corrected chi connectivity index (χ2v) is 11.6. The molecule has 4 heterocycles. The average molecular weight is 575 g/mol. The van der Waals surface area contributed by atoms with Gasteiger partial charge in [0, 0.05) is 48.8 Å². The van der Waals surface area contributed by atoms with Gasteiger partial charge in [-0.15, -0.1) is 0 Å². The minimum Gasteiger partial charge on any atom is -0.372 e. The van der Waals surface area contributed by atoms with Crippen LogP contribution < -0.4 is 11.1 Å². The van der Waals surface area contributed by atoms with Gasteiger partial charge in [0.1, 0.15) is 6.54 Å². The van der Waals surface area contributed by atoms with Gasteiger partial charge in [-0.2, -0.15) is 0 Å². The Labute approximate surface area is 251 Å². The van der Waals surface area contributed by atoms with E-state index in [1.165, 1.54) is 42.5 Å². The molecule has 0 saturated carbocycles. The van der Waals surface area contributed by atoms with Crippen molar-refractivity contribution in [2.24, 2.45) is 5.73 Å². The van der Waals surface area contributed by atoms with Crippen molar-refractivity contribution in [2.75, 3.05) is 26.2 Å². The molecule has 2 atom stereocenters. The minimum atomic E-state index is 0.0558. The zero-order valence-electron chi connectivity index (χ0n) is 26.1. The van der Waals surface area contributed by atoms with Crippen molar-refractivity contribution >= 4 is 22.9 Å². The number of hydrogen-bond acceptors (Lipinski definition) is 6. The van der Waals surface area contributed by atoms with E-state index >= 15 is 0 Å². The molecule has 1 fully saturated rings. The number of carbonyl (C=O) groups excluding carboxylic acids is 1. The molecule has 1 saturated heterocycles. The van der Waals surface area contributed by atoms with Crippen LogP contribution in [0.25, 0.3) is 17.0 Å². The molecule has 3 aromatic heterocycles. The van der Waals surface area contributed by atoms with Gasteiger partial charge in [0.25, 0.3) is 0 Å². The lowest BCUT2D eigenvalue weighted by molar-refractivity contribution is -0.143. The molecule has 0 aromatic carbocycles. The van der Waals surface area contributed by atoms with Gasteiger partial charge >= 0.3 is 0 Å². The fraction of sp³-hybridized carbons (Fsp3) is 0.559. The molecule has 8 nitrogen and oxygen atoms in total. The summed E-state index contributed by atoms with van der Waals surface area (Å²) in [6.45, 7) is 12.2. The highest BCUT2D eigenvalue weighted by molar-refractivity contribution is 5.91. The molecule has 3 N–H and O–H groups in total. The minimum absolute atomic E-state index is 0.0558. The molecule has 3 aromatic rings. The highest BCUT2D eigenvalue weighted by atomic mass is 16.5. The van der Waals surface area contributed by atoms with Crippen molar-refractivity contribution in [3.63, 3.8) is 0 Å². The van der Waals surface area contributed by atoms with Crippen LogP contribution >= 0.6 is 0 Å². The molecule has 1 aliphatic heterocycles. The molecule has 2 aliphatic rings. The summed E-state index contributed by atoms with van der Waals surface area (Å²) in [6.07, 6.45) is 16.3. The monoisotopic (exact) mass is 574 g/mol. The second-order valence-electron chi connectivity index (χ2n) is 11.6. The summed E-state index contributed by atoms with van der Waals surface area (Å²) in [5.74, 6) is 0.126. The fourth-order valence-corrected chi connectivity index (χ4v) is 6.05. The van der Waals surface area contributed by atoms with Crippen LogP contribution in [0.15, 0.2) is 36.7 Å². The normalized spacial score (nSPS) is 18.6. The smallest absolute Gasteiger partial charge is 0.242 e. The van der Waals surface area contributed by atoms with Crippen LogP contribution in [0, 0.1) is 6.92 Å². The van der Waals surface area contributed by atoms with Crippen molar-refractivity contribution in [2.45, 2.75) is 97.9 Å². The molecular formula is C34H50N6O2. The molecule has 1 amide bonds. The average Bonchev–Trinajstić information content (AvgIpc) is 3.26. The topological polar surface area (TPSA) is 98.3 Å². The predicted octanol–water partition coefficient (Wildman–Crippen LogP) is 5.19. The third-order valence-electron chi connectivity index (χ3n) is 8.12. The SMILES string of the molecule is CC/C=C\c1c(C)c2ccnc(CNCCCCN)c2n1CC(=O)N1CC(C)O[C@@H](C)C1.c1cnc2c(c1)CCCC2. The number of aryl methyl sites for hydroxylation is 3. The van der Waals surface area contributed by atoms with Gasteiger partial charge in [-0.1, -0.05) is 19.1 Å². The number of pyridine rings is 2. The van der Waals surface area contributed by atoms with Crippen LogP contribution in [0.2, 0.25) is 0 Å². The number of allylic oxidation sites excluding steroid dienone is 1. The number of amides is 1. The lowest BCUT2D eigenvalue weighted by Crippen LogP contribution is -2.49. The predicted molar refractivity (Wildman–Crippen MR) is 171 cm³/mol. The van der Waals surface area contributed by atoms with Crippen molar-refractivity contribution in [3.05, 3.63) is 64.9 Å². The van der Waals surface area contributed by atoms with E-state index < -0.39 is 0 Å². The molecule has 0 radical (unpaired) electrons. The number of morpholine rings is 1. The van der Waals surface area contributed by atoms with Gasteiger partial charge in [-0.3, -0.25) is 14.8 Å². The number of aromatic nitrogens is 3. The molecule has 5 rings (SSSR count). The summed E-state index contributed by atoms with van der Waals surface area (Å²) in [5.41, 5.74) is 12.7. The van der Waals surface area contributed by atoms with E-state index in [0.29, 0.717) is 32.7 Å². The van der Waals surface area contributed by atoms with E-state index in [-0.39, 0.29) is 18.1 Å². The van der Waals surface area contributed by atoms with Gasteiger partial charge in [-0.25, -0.2) is 0 Å². The quantitative estimate of drug-likeness (QED) is 0.323. The number of fused-ring (bicyclic) bond motifs is 2. The Bertz CT molecular complexity index is 1300. The zero-order valence-corrected chi connectivity index (χ0v) is 26.1. The Morgan fingerprint density at radius 1 is 1.12 bits per heavy atom. The summed E-state index contributed by atoms with van der Waals surface area (Å²) < 4.78 is 7.98. The van der Waals surface area contributed by atoms with Crippen molar-refractivity contribution < 1.29 is 9.53 Å². The number of nitrogens with two attached hydrogens (primary N) is 1. The van der Waals surface area contributed by atoms with Crippen molar-refractivity contribution in [1.82, 2.24) is 24.8 Å². The summed E-state index contributed by atoms with van der Waals surface area (Å²) in [5, 5.41) is 4.65. The maximum Gasteiger partial charge on any atom is 0.242 e. The van der Waals surface area contributed by atoms with E-state index in [9.17, 15) is 4.79 Å². The lowest BCUT2D eigenvalue weighted by atomic mass is 9.96. The maximum absolute atomic E-state index is 13.4. The third kappa shape index (κ3) is 8.27.